The van der Waals surface area contributed by atoms with Crippen LogP contribution in [0.4, 0.5) is 0 Å². The van der Waals surface area contributed by atoms with Crippen LogP contribution < -0.4 is 5.73 Å². The molecule has 0 aromatic rings. The molecule has 1 heterocycles. The number of rotatable bonds is 1. The molecule has 3 heteroatoms. The van der Waals surface area contributed by atoms with Gasteiger partial charge in [-0.05, 0) is 5.92 Å². The van der Waals surface area contributed by atoms with Gasteiger partial charge in [0.1, 0.15) is 0 Å². The van der Waals surface area contributed by atoms with E-state index in [1.54, 1.807) is 0 Å². The molecule has 0 saturated carbocycles. The highest BCUT2D eigenvalue weighted by Crippen LogP contribution is 2.21. The lowest BCUT2D eigenvalue weighted by Crippen LogP contribution is -2.21. The summed E-state index contributed by atoms with van der Waals surface area (Å²) in [4.78, 5) is 4.16. The van der Waals surface area contributed by atoms with Crippen molar-refractivity contribution >= 4 is 18.2 Å². The average Bonchev–Trinajstić information content (AvgIpc) is 2.15. The van der Waals surface area contributed by atoms with Gasteiger partial charge in [0, 0.05) is 12.5 Å². The third-order valence-corrected chi connectivity index (χ3v) is 2.21. The van der Waals surface area contributed by atoms with Crippen molar-refractivity contribution in [1.82, 2.24) is 0 Å². The monoisotopic (exact) mass is 162 g/mol. The van der Waals surface area contributed by atoms with Crippen LogP contribution in [0.25, 0.3) is 0 Å². The topological polar surface area (TPSA) is 38.4 Å². The molecular formula is C7H15ClN2. The summed E-state index contributed by atoms with van der Waals surface area (Å²) < 4.78 is 0. The van der Waals surface area contributed by atoms with Crippen LogP contribution in [0.5, 0.6) is 0 Å². The molecule has 0 fully saturated rings. The van der Waals surface area contributed by atoms with E-state index in [2.05, 4.69) is 18.8 Å². The highest BCUT2D eigenvalue weighted by Gasteiger charge is 2.23. The van der Waals surface area contributed by atoms with E-state index >= 15 is 0 Å². The summed E-state index contributed by atoms with van der Waals surface area (Å²) in [5.41, 5.74) is 5.59. The number of hydrogen-bond acceptors (Lipinski definition) is 2. The molecule has 2 nitrogen and oxygen atoms in total. The van der Waals surface area contributed by atoms with Crippen LogP contribution in [0.3, 0.4) is 0 Å². The smallest absolute Gasteiger partial charge is 0.0969 e. The zero-order valence-electron chi connectivity index (χ0n) is 6.50. The molecule has 0 aliphatic carbocycles. The zero-order chi connectivity index (χ0) is 6.85. The standard InChI is InChI=1S/C7H14N2.ClH/c1-3-6-4-9-7(8)5(6)2;/h5-6H,3-4H2,1-2H3,(H2,8,9);1H. The summed E-state index contributed by atoms with van der Waals surface area (Å²) in [6.07, 6.45) is 1.20. The maximum absolute atomic E-state index is 5.59. The first-order valence-electron chi connectivity index (χ1n) is 3.55. The van der Waals surface area contributed by atoms with Crippen molar-refractivity contribution in [1.29, 1.82) is 0 Å². The van der Waals surface area contributed by atoms with Gasteiger partial charge >= 0.3 is 0 Å². The first-order chi connectivity index (χ1) is 4.25. The van der Waals surface area contributed by atoms with Gasteiger partial charge in [-0.3, -0.25) is 4.99 Å². The van der Waals surface area contributed by atoms with Gasteiger partial charge in [0.25, 0.3) is 0 Å². The number of hydrogen-bond donors (Lipinski definition) is 1. The second kappa shape index (κ2) is 3.81. The van der Waals surface area contributed by atoms with Gasteiger partial charge in [-0.2, -0.15) is 0 Å². The van der Waals surface area contributed by atoms with E-state index in [1.165, 1.54) is 6.42 Å². The summed E-state index contributed by atoms with van der Waals surface area (Å²) in [5, 5.41) is 0. The second-order valence-corrected chi connectivity index (χ2v) is 2.72. The van der Waals surface area contributed by atoms with Crippen LogP contribution in [0, 0.1) is 11.8 Å². The Bertz CT molecular complexity index is 134. The molecule has 2 atom stereocenters. The van der Waals surface area contributed by atoms with Crippen molar-refractivity contribution in [2.24, 2.45) is 22.6 Å². The molecule has 60 valence electrons. The van der Waals surface area contributed by atoms with Crippen LogP contribution in [0.2, 0.25) is 0 Å². The third-order valence-electron chi connectivity index (χ3n) is 2.21. The van der Waals surface area contributed by atoms with Gasteiger partial charge in [-0.15, -0.1) is 12.4 Å². The van der Waals surface area contributed by atoms with Gasteiger partial charge in [0.2, 0.25) is 0 Å². The van der Waals surface area contributed by atoms with E-state index in [0.717, 1.165) is 12.4 Å². The molecule has 1 aliphatic rings. The van der Waals surface area contributed by atoms with Crippen molar-refractivity contribution in [3.8, 4) is 0 Å². The van der Waals surface area contributed by atoms with Crippen molar-refractivity contribution in [2.45, 2.75) is 20.3 Å². The summed E-state index contributed by atoms with van der Waals surface area (Å²) >= 11 is 0. The molecule has 2 unspecified atom stereocenters. The Morgan fingerprint density at radius 1 is 1.70 bits per heavy atom. The van der Waals surface area contributed by atoms with Crippen LogP contribution in [0.1, 0.15) is 20.3 Å². The molecule has 0 radical (unpaired) electrons. The second-order valence-electron chi connectivity index (χ2n) is 2.72. The normalized spacial score (nSPS) is 31.2. The molecule has 1 rings (SSSR count). The Labute approximate surface area is 68.3 Å². The first-order valence-corrected chi connectivity index (χ1v) is 3.55. The molecule has 0 aromatic heterocycles. The van der Waals surface area contributed by atoms with E-state index in [0.29, 0.717) is 11.8 Å². The fraction of sp³-hybridized carbons (Fsp3) is 0.857. The third kappa shape index (κ3) is 1.63. The van der Waals surface area contributed by atoms with Gasteiger partial charge < -0.3 is 5.73 Å². The summed E-state index contributed by atoms with van der Waals surface area (Å²) in [7, 11) is 0. The number of halogens is 1. The van der Waals surface area contributed by atoms with Crippen molar-refractivity contribution < 1.29 is 0 Å². The fourth-order valence-corrected chi connectivity index (χ4v) is 1.25. The number of amidine groups is 1. The van der Waals surface area contributed by atoms with Crippen molar-refractivity contribution in [3.63, 3.8) is 0 Å². The Balaban J connectivity index is 0.000000810. The van der Waals surface area contributed by atoms with E-state index in [1.807, 2.05) is 0 Å². The minimum Gasteiger partial charge on any atom is -0.387 e. The molecule has 0 amide bonds. The van der Waals surface area contributed by atoms with Gasteiger partial charge in [0.05, 0.1) is 5.84 Å². The Morgan fingerprint density at radius 3 is 2.50 bits per heavy atom. The lowest BCUT2D eigenvalue weighted by molar-refractivity contribution is 0.469. The van der Waals surface area contributed by atoms with Gasteiger partial charge in [-0.1, -0.05) is 20.3 Å². The van der Waals surface area contributed by atoms with Crippen molar-refractivity contribution in [3.05, 3.63) is 0 Å². The molecule has 10 heavy (non-hydrogen) atoms. The highest BCUT2D eigenvalue weighted by molar-refractivity contribution is 5.85. The molecule has 0 saturated heterocycles. The lowest BCUT2D eigenvalue weighted by Gasteiger charge is -2.10. The first kappa shape index (κ1) is 9.76. The largest absolute Gasteiger partial charge is 0.387 e. The Hall–Kier alpha value is -0.240. The average molecular weight is 163 g/mol. The van der Waals surface area contributed by atoms with E-state index in [9.17, 15) is 0 Å². The minimum absolute atomic E-state index is 0. The molecule has 0 bridgehead atoms. The molecule has 2 N–H and O–H groups in total. The Kier molecular flexibility index (Phi) is 3.72. The maximum atomic E-state index is 5.59. The minimum atomic E-state index is 0. The van der Waals surface area contributed by atoms with Crippen LogP contribution >= 0.6 is 12.4 Å². The van der Waals surface area contributed by atoms with E-state index in [4.69, 9.17) is 5.73 Å². The zero-order valence-corrected chi connectivity index (χ0v) is 7.32. The van der Waals surface area contributed by atoms with E-state index in [-0.39, 0.29) is 12.4 Å². The quantitative estimate of drug-likeness (QED) is 0.623. The fourth-order valence-electron chi connectivity index (χ4n) is 1.25. The number of aliphatic imine (C=N–C) groups is 1. The lowest BCUT2D eigenvalue weighted by atomic mass is 9.94. The molecular weight excluding hydrogens is 148 g/mol. The molecule has 1 aliphatic heterocycles. The van der Waals surface area contributed by atoms with Crippen molar-refractivity contribution in [2.75, 3.05) is 6.54 Å². The highest BCUT2D eigenvalue weighted by atomic mass is 35.5. The van der Waals surface area contributed by atoms with Gasteiger partial charge in [0.15, 0.2) is 0 Å². The Morgan fingerprint density at radius 2 is 2.30 bits per heavy atom. The number of nitrogens with zero attached hydrogens (tertiary/aromatic N) is 1. The van der Waals surface area contributed by atoms with Crippen LogP contribution in [0.15, 0.2) is 4.99 Å². The predicted octanol–water partition coefficient (Wildman–Crippen LogP) is 1.44. The maximum Gasteiger partial charge on any atom is 0.0969 e. The van der Waals surface area contributed by atoms with Crippen LogP contribution in [-0.2, 0) is 0 Å². The molecule has 0 aromatic carbocycles. The van der Waals surface area contributed by atoms with E-state index < -0.39 is 0 Å². The number of nitrogens with two attached hydrogens (primary N) is 1. The summed E-state index contributed by atoms with van der Waals surface area (Å²) in [5.74, 6) is 2.09. The van der Waals surface area contributed by atoms with Gasteiger partial charge in [-0.25, -0.2) is 0 Å². The SMILES string of the molecule is CCC1CN=C(N)C1C.Cl. The summed E-state index contributed by atoms with van der Waals surface area (Å²) in [6.45, 7) is 5.29. The van der Waals surface area contributed by atoms with Crippen LogP contribution in [-0.4, -0.2) is 12.4 Å². The predicted molar refractivity (Wildman–Crippen MR) is 46.7 cm³/mol. The summed E-state index contributed by atoms with van der Waals surface area (Å²) in [6, 6.07) is 0. The molecule has 0 spiro atoms.